The number of furan rings is 1. The first kappa shape index (κ1) is 9.73. The third-order valence-electron chi connectivity index (χ3n) is 2.50. The molecule has 0 saturated carbocycles. The zero-order chi connectivity index (χ0) is 10.0. The highest BCUT2D eigenvalue weighted by atomic mass is 32.2. The third-order valence-corrected chi connectivity index (χ3v) is 4.29. The van der Waals surface area contributed by atoms with Gasteiger partial charge in [-0.1, -0.05) is 0 Å². The summed E-state index contributed by atoms with van der Waals surface area (Å²) in [5.41, 5.74) is 0. The SMILES string of the molecule is O=S1(=O)CCC([NH2+]Cc2ccco2)C1. The van der Waals surface area contributed by atoms with E-state index in [1.165, 1.54) is 0 Å². The summed E-state index contributed by atoms with van der Waals surface area (Å²) in [4.78, 5) is 0. The summed E-state index contributed by atoms with van der Waals surface area (Å²) in [5, 5.41) is 2.05. The highest BCUT2D eigenvalue weighted by Crippen LogP contribution is 2.08. The third kappa shape index (κ3) is 2.36. The maximum absolute atomic E-state index is 11.2. The smallest absolute Gasteiger partial charge is 0.157 e. The molecule has 2 rings (SSSR count). The Labute approximate surface area is 83.2 Å². The average Bonchev–Trinajstić information content (AvgIpc) is 2.70. The highest BCUT2D eigenvalue weighted by molar-refractivity contribution is 7.91. The molecule has 0 aromatic carbocycles. The van der Waals surface area contributed by atoms with E-state index in [1.54, 1.807) is 6.26 Å². The minimum absolute atomic E-state index is 0.213. The first-order valence-electron chi connectivity index (χ1n) is 4.72. The minimum Gasteiger partial charge on any atom is -0.463 e. The lowest BCUT2D eigenvalue weighted by Crippen LogP contribution is -2.89. The van der Waals surface area contributed by atoms with Gasteiger partial charge in [-0.3, -0.25) is 0 Å². The molecule has 0 spiro atoms. The predicted octanol–water partition coefficient (Wildman–Crippen LogP) is -0.470. The number of hydrogen-bond donors (Lipinski definition) is 1. The summed E-state index contributed by atoms with van der Waals surface area (Å²) >= 11 is 0. The van der Waals surface area contributed by atoms with Crippen molar-refractivity contribution in [3.8, 4) is 0 Å². The largest absolute Gasteiger partial charge is 0.463 e. The first-order chi connectivity index (χ1) is 6.66. The molecule has 5 heteroatoms. The van der Waals surface area contributed by atoms with Gasteiger partial charge in [0.05, 0.1) is 12.0 Å². The Balaban J connectivity index is 1.83. The maximum atomic E-state index is 11.2. The number of sulfone groups is 1. The second kappa shape index (κ2) is 3.74. The summed E-state index contributed by atoms with van der Waals surface area (Å²) < 4.78 is 27.5. The monoisotopic (exact) mass is 216 g/mol. The van der Waals surface area contributed by atoms with Gasteiger partial charge in [-0.2, -0.15) is 0 Å². The molecule has 1 aliphatic rings. The van der Waals surface area contributed by atoms with Crippen molar-refractivity contribution in [1.29, 1.82) is 0 Å². The quantitative estimate of drug-likeness (QED) is 0.743. The van der Waals surface area contributed by atoms with Crippen molar-refractivity contribution >= 4 is 9.84 Å². The molecule has 1 fully saturated rings. The summed E-state index contributed by atoms with van der Waals surface area (Å²) in [7, 11) is -2.75. The molecule has 1 aliphatic heterocycles. The Hall–Kier alpha value is -0.810. The number of nitrogens with two attached hydrogens (primary N) is 1. The molecule has 2 heterocycles. The van der Waals surface area contributed by atoms with Crippen molar-refractivity contribution in [1.82, 2.24) is 0 Å². The van der Waals surface area contributed by atoms with Crippen LogP contribution in [0.25, 0.3) is 0 Å². The molecule has 2 N–H and O–H groups in total. The molecule has 0 bridgehead atoms. The van der Waals surface area contributed by atoms with Crippen LogP contribution >= 0.6 is 0 Å². The molecule has 1 atom stereocenters. The summed E-state index contributed by atoms with van der Waals surface area (Å²) in [5.74, 6) is 1.55. The Bertz CT molecular complexity index is 382. The Kier molecular flexibility index (Phi) is 2.60. The van der Waals surface area contributed by atoms with Crippen LogP contribution in [0.4, 0.5) is 0 Å². The predicted molar refractivity (Wildman–Crippen MR) is 51.4 cm³/mol. The van der Waals surface area contributed by atoms with Crippen molar-refractivity contribution in [2.75, 3.05) is 11.5 Å². The molecule has 1 aromatic rings. The van der Waals surface area contributed by atoms with Gasteiger partial charge >= 0.3 is 0 Å². The van der Waals surface area contributed by atoms with Gasteiger partial charge in [0.1, 0.15) is 18.3 Å². The van der Waals surface area contributed by atoms with E-state index < -0.39 is 9.84 Å². The molecule has 1 saturated heterocycles. The average molecular weight is 216 g/mol. The molecule has 78 valence electrons. The van der Waals surface area contributed by atoms with Crippen LogP contribution in [0, 0.1) is 0 Å². The molecule has 0 amide bonds. The molecule has 14 heavy (non-hydrogen) atoms. The van der Waals surface area contributed by atoms with Gasteiger partial charge in [-0.25, -0.2) is 8.42 Å². The van der Waals surface area contributed by atoms with Crippen LogP contribution in [0.15, 0.2) is 22.8 Å². The van der Waals surface area contributed by atoms with Crippen LogP contribution in [0.3, 0.4) is 0 Å². The molecular weight excluding hydrogens is 202 g/mol. The van der Waals surface area contributed by atoms with E-state index in [1.807, 2.05) is 17.4 Å². The molecule has 0 aliphatic carbocycles. The van der Waals surface area contributed by atoms with Crippen LogP contribution in [0.1, 0.15) is 12.2 Å². The van der Waals surface area contributed by atoms with Gasteiger partial charge in [0.15, 0.2) is 15.6 Å². The van der Waals surface area contributed by atoms with Crippen LogP contribution in [-0.2, 0) is 16.4 Å². The molecule has 1 aromatic heterocycles. The number of rotatable bonds is 3. The Morgan fingerprint density at radius 3 is 3.00 bits per heavy atom. The van der Waals surface area contributed by atoms with Crippen molar-refractivity contribution in [2.45, 2.75) is 19.0 Å². The molecule has 4 nitrogen and oxygen atoms in total. The highest BCUT2D eigenvalue weighted by Gasteiger charge is 2.30. The molecule has 1 unspecified atom stereocenters. The van der Waals surface area contributed by atoms with Gasteiger partial charge < -0.3 is 9.73 Å². The summed E-state index contributed by atoms with van der Waals surface area (Å²) in [6, 6.07) is 3.96. The van der Waals surface area contributed by atoms with E-state index in [4.69, 9.17) is 4.42 Å². The topological polar surface area (TPSA) is 63.9 Å². The van der Waals surface area contributed by atoms with Gasteiger partial charge in [0, 0.05) is 6.42 Å². The standard InChI is InChI=1S/C9H13NO3S/c11-14(12)5-3-8(7-14)10-6-9-2-1-4-13-9/h1-2,4,8,10H,3,5-7H2/p+1. The van der Waals surface area contributed by atoms with Gasteiger partial charge in [0.25, 0.3) is 0 Å². The van der Waals surface area contributed by atoms with Crippen molar-refractivity contribution in [3.63, 3.8) is 0 Å². The lowest BCUT2D eigenvalue weighted by molar-refractivity contribution is -0.701. The summed E-state index contributed by atoms with van der Waals surface area (Å²) in [6.07, 6.45) is 2.40. The van der Waals surface area contributed by atoms with Crippen molar-refractivity contribution in [3.05, 3.63) is 24.2 Å². The normalized spacial score (nSPS) is 25.3. The van der Waals surface area contributed by atoms with Crippen LogP contribution in [-0.4, -0.2) is 26.0 Å². The van der Waals surface area contributed by atoms with E-state index in [2.05, 4.69) is 0 Å². The zero-order valence-electron chi connectivity index (χ0n) is 7.85. The van der Waals surface area contributed by atoms with Crippen LogP contribution in [0.2, 0.25) is 0 Å². The minimum atomic E-state index is -2.75. The second-order valence-corrected chi connectivity index (χ2v) is 5.91. The Morgan fingerprint density at radius 1 is 1.57 bits per heavy atom. The fourth-order valence-electron chi connectivity index (χ4n) is 1.72. The van der Waals surface area contributed by atoms with E-state index in [9.17, 15) is 8.42 Å². The summed E-state index contributed by atoms with van der Waals surface area (Å²) in [6.45, 7) is 0.729. The van der Waals surface area contributed by atoms with Crippen LogP contribution in [0.5, 0.6) is 0 Å². The Morgan fingerprint density at radius 2 is 2.43 bits per heavy atom. The van der Waals surface area contributed by atoms with E-state index in [0.29, 0.717) is 11.5 Å². The van der Waals surface area contributed by atoms with Gasteiger partial charge in [-0.15, -0.1) is 0 Å². The van der Waals surface area contributed by atoms with Gasteiger partial charge in [-0.05, 0) is 12.1 Å². The number of hydrogen-bond acceptors (Lipinski definition) is 3. The molecular formula is C9H14NO3S+. The van der Waals surface area contributed by atoms with E-state index >= 15 is 0 Å². The van der Waals surface area contributed by atoms with Crippen LogP contribution < -0.4 is 5.32 Å². The molecule has 0 radical (unpaired) electrons. The zero-order valence-corrected chi connectivity index (χ0v) is 8.66. The second-order valence-electron chi connectivity index (χ2n) is 3.68. The lowest BCUT2D eigenvalue weighted by Gasteiger charge is -2.04. The van der Waals surface area contributed by atoms with E-state index in [-0.39, 0.29) is 6.04 Å². The fourth-order valence-corrected chi connectivity index (χ4v) is 3.50. The van der Waals surface area contributed by atoms with E-state index in [0.717, 1.165) is 18.7 Å². The maximum Gasteiger partial charge on any atom is 0.157 e. The van der Waals surface area contributed by atoms with Gasteiger partial charge in [0.2, 0.25) is 0 Å². The lowest BCUT2D eigenvalue weighted by atomic mass is 10.2. The first-order valence-corrected chi connectivity index (χ1v) is 6.54. The fraction of sp³-hybridized carbons (Fsp3) is 0.556. The van der Waals surface area contributed by atoms with Crippen molar-refractivity contribution in [2.24, 2.45) is 0 Å². The van der Waals surface area contributed by atoms with Crippen molar-refractivity contribution < 1.29 is 18.2 Å². The number of quaternary nitrogens is 1.